The van der Waals surface area contributed by atoms with Crippen LogP contribution in [0.1, 0.15) is 38.8 Å². The molecule has 0 saturated carbocycles. The summed E-state index contributed by atoms with van der Waals surface area (Å²) < 4.78 is 36.8. The standard InChI is InChI=1S/C10H9F3O2.C2H6.CH4/c11-10(12,13)8-3-1-2-7(6-8)4-5-9(14)15;1-2;/h1-3,6H,4-5H2,(H,14,15);1-2H3;1H4. The van der Waals surface area contributed by atoms with Gasteiger partial charge in [0.25, 0.3) is 0 Å². The molecule has 1 aromatic carbocycles. The lowest BCUT2D eigenvalue weighted by Crippen LogP contribution is -2.05. The first-order valence-electron chi connectivity index (χ1n) is 5.27. The lowest BCUT2D eigenvalue weighted by molar-refractivity contribution is -0.137. The number of hydrogen-bond donors (Lipinski definition) is 1. The van der Waals surface area contributed by atoms with Gasteiger partial charge in [0, 0.05) is 6.42 Å². The van der Waals surface area contributed by atoms with Gasteiger partial charge >= 0.3 is 12.1 Å². The van der Waals surface area contributed by atoms with Crippen LogP contribution in [0, 0.1) is 0 Å². The van der Waals surface area contributed by atoms with Gasteiger partial charge in [-0.15, -0.1) is 0 Å². The first kappa shape index (κ1) is 18.8. The van der Waals surface area contributed by atoms with E-state index in [-0.39, 0.29) is 20.3 Å². The van der Waals surface area contributed by atoms with Crippen molar-refractivity contribution in [1.82, 2.24) is 0 Å². The lowest BCUT2D eigenvalue weighted by atomic mass is 10.1. The molecule has 1 N–H and O–H groups in total. The first-order chi connectivity index (χ1) is 7.89. The number of aliphatic carboxylic acids is 1. The Balaban J connectivity index is 0. The summed E-state index contributed by atoms with van der Waals surface area (Å²) in [6.45, 7) is 4.00. The summed E-state index contributed by atoms with van der Waals surface area (Å²) >= 11 is 0. The monoisotopic (exact) mass is 264 g/mol. The molecule has 2 nitrogen and oxygen atoms in total. The van der Waals surface area contributed by atoms with Crippen LogP contribution in [0.4, 0.5) is 13.2 Å². The van der Waals surface area contributed by atoms with Gasteiger partial charge in [-0.3, -0.25) is 4.79 Å². The Labute approximate surface area is 105 Å². The summed E-state index contributed by atoms with van der Waals surface area (Å²) in [7, 11) is 0. The third kappa shape index (κ3) is 6.93. The van der Waals surface area contributed by atoms with Crippen LogP contribution >= 0.6 is 0 Å². The molecule has 0 heterocycles. The molecule has 18 heavy (non-hydrogen) atoms. The molecule has 1 aromatic rings. The van der Waals surface area contributed by atoms with Crippen LogP contribution in [0.2, 0.25) is 0 Å². The Morgan fingerprint density at radius 3 is 2.28 bits per heavy atom. The summed E-state index contributed by atoms with van der Waals surface area (Å²) in [4.78, 5) is 10.2. The molecule has 1 rings (SSSR count). The zero-order chi connectivity index (χ0) is 13.5. The van der Waals surface area contributed by atoms with E-state index >= 15 is 0 Å². The molecular formula is C13H19F3O2. The Morgan fingerprint density at radius 2 is 1.83 bits per heavy atom. The van der Waals surface area contributed by atoms with Gasteiger partial charge in [-0.1, -0.05) is 39.5 Å². The van der Waals surface area contributed by atoms with Crippen molar-refractivity contribution >= 4 is 5.97 Å². The van der Waals surface area contributed by atoms with Crippen LogP contribution in [0.15, 0.2) is 24.3 Å². The molecule has 0 aliphatic rings. The number of aryl methyl sites for hydroxylation is 1. The second-order valence-electron chi connectivity index (χ2n) is 3.09. The second-order valence-corrected chi connectivity index (χ2v) is 3.09. The number of alkyl halides is 3. The van der Waals surface area contributed by atoms with Crippen molar-refractivity contribution in [3.05, 3.63) is 35.4 Å². The van der Waals surface area contributed by atoms with Gasteiger partial charge in [0.1, 0.15) is 0 Å². The van der Waals surface area contributed by atoms with Crippen LogP contribution in [-0.4, -0.2) is 11.1 Å². The van der Waals surface area contributed by atoms with Crippen molar-refractivity contribution in [2.45, 2.75) is 40.3 Å². The maximum atomic E-state index is 12.3. The lowest BCUT2D eigenvalue weighted by Gasteiger charge is -2.07. The average Bonchev–Trinajstić information content (AvgIpc) is 2.28. The SMILES string of the molecule is C.CC.O=C(O)CCc1cccc(C(F)(F)F)c1. The number of carbonyl (C=O) groups is 1. The smallest absolute Gasteiger partial charge is 0.416 e. The van der Waals surface area contributed by atoms with Crippen LogP contribution < -0.4 is 0 Å². The maximum absolute atomic E-state index is 12.3. The molecule has 0 aromatic heterocycles. The van der Waals surface area contributed by atoms with Gasteiger partial charge in [0.15, 0.2) is 0 Å². The normalized spacial score (nSPS) is 9.83. The highest BCUT2D eigenvalue weighted by atomic mass is 19.4. The molecule has 0 atom stereocenters. The van der Waals surface area contributed by atoms with Crippen molar-refractivity contribution < 1.29 is 23.1 Å². The van der Waals surface area contributed by atoms with Crippen LogP contribution in [0.3, 0.4) is 0 Å². The Hall–Kier alpha value is -1.52. The van der Waals surface area contributed by atoms with E-state index in [1.165, 1.54) is 12.1 Å². The van der Waals surface area contributed by atoms with Crippen molar-refractivity contribution in [1.29, 1.82) is 0 Å². The van der Waals surface area contributed by atoms with Crippen molar-refractivity contribution in [3.63, 3.8) is 0 Å². The summed E-state index contributed by atoms with van der Waals surface area (Å²) in [5.41, 5.74) is -0.363. The second kappa shape index (κ2) is 8.55. The minimum absolute atomic E-state index is 0. The quantitative estimate of drug-likeness (QED) is 0.879. The van der Waals surface area contributed by atoms with E-state index in [1.807, 2.05) is 13.8 Å². The van der Waals surface area contributed by atoms with Gasteiger partial charge in [-0.05, 0) is 18.1 Å². The summed E-state index contributed by atoms with van der Waals surface area (Å²) in [6.07, 6.45) is -4.43. The largest absolute Gasteiger partial charge is 0.481 e. The minimum atomic E-state index is -4.38. The molecule has 104 valence electrons. The van der Waals surface area contributed by atoms with E-state index in [0.717, 1.165) is 12.1 Å². The van der Waals surface area contributed by atoms with E-state index in [4.69, 9.17) is 5.11 Å². The van der Waals surface area contributed by atoms with Gasteiger partial charge in [0.05, 0.1) is 5.56 Å². The zero-order valence-electron chi connectivity index (χ0n) is 9.71. The Morgan fingerprint density at radius 1 is 1.28 bits per heavy atom. The van der Waals surface area contributed by atoms with Gasteiger partial charge < -0.3 is 5.11 Å². The van der Waals surface area contributed by atoms with Crippen LogP contribution in [-0.2, 0) is 17.4 Å². The molecular weight excluding hydrogens is 245 g/mol. The third-order valence-corrected chi connectivity index (χ3v) is 1.88. The van der Waals surface area contributed by atoms with E-state index in [2.05, 4.69) is 0 Å². The number of rotatable bonds is 3. The number of carboxylic acids is 1. The van der Waals surface area contributed by atoms with Crippen LogP contribution in [0.5, 0.6) is 0 Å². The van der Waals surface area contributed by atoms with Crippen LogP contribution in [0.25, 0.3) is 0 Å². The molecule has 0 unspecified atom stereocenters. The fourth-order valence-electron chi connectivity index (χ4n) is 1.15. The molecule has 0 aliphatic carbocycles. The summed E-state index contributed by atoms with van der Waals surface area (Å²) in [5.74, 6) is -1.02. The topological polar surface area (TPSA) is 37.3 Å². The summed E-state index contributed by atoms with van der Waals surface area (Å²) in [6, 6.07) is 4.70. The first-order valence-corrected chi connectivity index (χ1v) is 5.27. The van der Waals surface area contributed by atoms with Crippen molar-refractivity contribution in [3.8, 4) is 0 Å². The number of halogens is 3. The number of benzene rings is 1. The fourth-order valence-corrected chi connectivity index (χ4v) is 1.15. The Bertz CT molecular complexity index is 359. The average molecular weight is 264 g/mol. The maximum Gasteiger partial charge on any atom is 0.416 e. The predicted molar refractivity (Wildman–Crippen MR) is 65.5 cm³/mol. The van der Waals surface area contributed by atoms with E-state index in [0.29, 0.717) is 5.56 Å². The molecule has 5 heteroatoms. The Kier molecular flexibility index (Phi) is 8.95. The number of carboxylic acid groups (broad SMARTS) is 1. The highest BCUT2D eigenvalue weighted by Crippen LogP contribution is 2.29. The highest BCUT2D eigenvalue weighted by Gasteiger charge is 2.30. The molecule has 0 spiro atoms. The van der Waals surface area contributed by atoms with E-state index in [1.54, 1.807) is 0 Å². The fraction of sp³-hybridized carbons (Fsp3) is 0.462. The molecule has 0 amide bonds. The van der Waals surface area contributed by atoms with Gasteiger partial charge in [0.2, 0.25) is 0 Å². The van der Waals surface area contributed by atoms with E-state index in [9.17, 15) is 18.0 Å². The van der Waals surface area contributed by atoms with Crippen molar-refractivity contribution in [2.75, 3.05) is 0 Å². The predicted octanol–water partition coefficient (Wildman–Crippen LogP) is 4.38. The van der Waals surface area contributed by atoms with Gasteiger partial charge in [-0.25, -0.2) is 0 Å². The number of hydrogen-bond acceptors (Lipinski definition) is 1. The molecule has 0 saturated heterocycles. The molecule has 0 fully saturated rings. The molecule has 0 bridgehead atoms. The summed E-state index contributed by atoms with van der Waals surface area (Å²) in [5, 5.41) is 8.38. The third-order valence-electron chi connectivity index (χ3n) is 1.88. The zero-order valence-corrected chi connectivity index (χ0v) is 9.71. The minimum Gasteiger partial charge on any atom is -0.481 e. The highest BCUT2D eigenvalue weighted by molar-refractivity contribution is 5.67. The van der Waals surface area contributed by atoms with Crippen molar-refractivity contribution in [2.24, 2.45) is 0 Å². The van der Waals surface area contributed by atoms with E-state index < -0.39 is 17.7 Å². The molecule has 0 radical (unpaired) electrons. The molecule has 0 aliphatic heterocycles. The van der Waals surface area contributed by atoms with Gasteiger partial charge in [-0.2, -0.15) is 13.2 Å².